The smallest absolute Gasteiger partial charge is 0.244 e. The third-order valence-electron chi connectivity index (χ3n) is 5.54. The van der Waals surface area contributed by atoms with Gasteiger partial charge in [0.2, 0.25) is 5.91 Å². The molecule has 2 aliphatic carbocycles. The lowest BCUT2D eigenvalue weighted by Gasteiger charge is -2.29. The molecular weight excluding hydrogens is 236 g/mol. The van der Waals surface area contributed by atoms with E-state index in [-0.39, 0.29) is 5.54 Å². The molecule has 0 aromatic heterocycles. The number of nitrogens with one attached hydrogen (secondary N) is 1. The molecule has 3 rings (SSSR count). The van der Waals surface area contributed by atoms with Gasteiger partial charge in [0, 0.05) is 6.54 Å². The van der Waals surface area contributed by atoms with Gasteiger partial charge in [-0.3, -0.25) is 10.1 Å². The van der Waals surface area contributed by atoms with Crippen LogP contribution < -0.4 is 5.32 Å². The van der Waals surface area contributed by atoms with Crippen molar-refractivity contribution in [3.63, 3.8) is 0 Å². The van der Waals surface area contributed by atoms with Gasteiger partial charge in [-0.2, -0.15) is 0 Å². The van der Waals surface area contributed by atoms with Crippen molar-refractivity contribution in [1.29, 1.82) is 0 Å². The predicted octanol–water partition coefficient (Wildman–Crippen LogP) is 2.90. The highest BCUT2D eigenvalue weighted by Crippen LogP contribution is 2.43. The number of carbonyl (C=O) groups excluding carboxylic acids is 1. The van der Waals surface area contributed by atoms with Crippen LogP contribution in [0.2, 0.25) is 0 Å². The summed E-state index contributed by atoms with van der Waals surface area (Å²) in [7, 11) is 0. The van der Waals surface area contributed by atoms with E-state index in [4.69, 9.17) is 0 Å². The Morgan fingerprint density at radius 1 is 1.26 bits per heavy atom. The minimum atomic E-state index is -0.123. The first-order valence-corrected chi connectivity index (χ1v) is 8.23. The van der Waals surface area contributed by atoms with Crippen molar-refractivity contribution in [1.82, 2.24) is 10.2 Å². The van der Waals surface area contributed by atoms with Crippen molar-refractivity contribution in [2.24, 2.45) is 11.8 Å². The van der Waals surface area contributed by atoms with E-state index >= 15 is 0 Å². The molecule has 0 aromatic rings. The summed E-state index contributed by atoms with van der Waals surface area (Å²) in [5.41, 5.74) is -0.123. The topological polar surface area (TPSA) is 32.3 Å². The molecular formula is C16H28N2O. The van der Waals surface area contributed by atoms with E-state index in [0.29, 0.717) is 12.1 Å². The van der Waals surface area contributed by atoms with E-state index in [1.165, 1.54) is 32.1 Å². The first-order valence-electron chi connectivity index (χ1n) is 8.23. The fourth-order valence-corrected chi connectivity index (χ4v) is 3.88. The SMILES string of the molecule is CCC1NC2(CC2)C(=O)N1CCC1CCC(C)CC1. The van der Waals surface area contributed by atoms with E-state index in [0.717, 1.165) is 37.6 Å². The Morgan fingerprint density at radius 2 is 1.95 bits per heavy atom. The Bertz CT molecular complexity index is 343. The van der Waals surface area contributed by atoms with E-state index in [9.17, 15) is 4.79 Å². The van der Waals surface area contributed by atoms with Crippen LogP contribution in [0.5, 0.6) is 0 Å². The molecule has 0 aromatic carbocycles. The number of hydrogen-bond donors (Lipinski definition) is 1. The van der Waals surface area contributed by atoms with Crippen LogP contribution in [-0.2, 0) is 4.79 Å². The average Bonchev–Trinajstić information content (AvgIpc) is 3.14. The molecule has 19 heavy (non-hydrogen) atoms. The van der Waals surface area contributed by atoms with Crippen LogP contribution in [0.1, 0.15) is 65.2 Å². The molecule has 3 nitrogen and oxygen atoms in total. The van der Waals surface area contributed by atoms with Crippen LogP contribution in [0, 0.1) is 11.8 Å². The monoisotopic (exact) mass is 264 g/mol. The molecule has 1 saturated heterocycles. The van der Waals surface area contributed by atoms with Crippen LogP contribution in [0.3, 0.4) is 0 Å². The van der Waals surface area contributed by atoms with Crippen LogP contribution in [0.25, 0.3) is 0 Å². The summed E-state index contributed by atoms with van der Waals surface area (Å²) < 4.78 is 0. The van der Waals surface area contributed by atoms with Gasteiger partial charge < -0.3 is 4.90 Å². The highest BCUT2D eigenvalue weighted by molar-refractivity contribution is 5.91. The Morgan fingerprint density at radius 3 is 2.53 bits per heavy atom. The predicted molar refractivity (Wildman–Crippen MR) is 76.6 cm³/mol. The standard InChI is InChI=1S/C16H28N2O/c1-3-14-17-16(9-10-16)15(19)18(14)11-8-13-6-4-12(2)5-7-13/h12-14,17H,3-11H2,1-2H3. The molecule has 0 bridgehead atoms. The van der Waals surface area contributed by atoms with Crippen LogP contribution in [0.15, 0.2) is 0 Å². The summed E-state index contributed by atoms with van der Waals surface area (Å²) in [6.45, 7) is 5.53. The van der Waals surface area contributed by atoms with Gasteiger partial charge in [-0.1, -0.05) is 39.5 Å². The molecule has 1 aliphatic heterocycles. The van der Waals surface area contributed by atoms with E-state index < -0.39 is 0 Å². The quantitative estimate of drug-likeness (QED) is 0.847. The number of rotatable bonds is 4. The Labute approximate surface area is 117 Å². The summed E-state index contributed by atoms with van der Waals surface area (Å²) >= 11 is 0. The van der Waals surface area contributed by atoms with Crippen molar-refractivity contribution >= 4 is 5.91 Å². The van der Waals surface area contributed by atoms with Gasteiger partial charge in [0.05, 0.1) is 11.7 Å². The zero-order valence-corrected chi connectivity index (χ0v) is 12.5. The molecule has 1 amide bonds. The molecule has 1 heterocycles. The lowest BCUT2D eigenvalue weighted by Crippen LogP contribution is -2.38. The molecule has 1 unspecified atom stereocenters. The number of carbonyl (C=O) groups is 1. The molecule has 3 heteroatoms. The Hall–Kier alpha value is -0.570. The highest BCUT2D eigenvalue weighted by Gasteiger charge is 2.58. The number of nitrogens with zero attached hydrogens (tertiary/aromatic N) is 1. The summed E-state index contributed by atoms with van der Waals surface area (Å²) in [4.78, 5) is 14.6. The zero-order chi connectivity index (χ0) is 13.5. The molecule has 3 aliphatic rings. The third kappa shape index (κ3) is 2.54. The van der Waals surface area contributed by atoms with Crippen LogP contribution in [0.4, 0.5) is 0 Å². The van der Waals surface area contributed by atoms with Gasteiger partial charge in [0.1, 0.15) is 0 Å². The summed E-state index contributed by atoms with van der Waals surface area (Å²) in [6.07, 6.45) is 10.2. The van der Waals surface area contributed by atoms with Gasteiger partial charge in [0.25, 0.3) is 0 Å². The second-order valence-electron chi connectivity index (χ2n) is 7.06. The lowest BCUT2D eigenvalue weighted by molar-refractivity contribution is -0.131. The van der Waals surface area contributed by atoms with Crippen molar-refractivity contribution in [3.05, 3.63) is 0 Å². The Kier molecular flexibility index (Phi) is 3.59. The molecule has 0 radical (unpaired) electrons. The first kappa shape index (κ1) is 13.4. The highest BCUT2D eigenvalue weighted by atomic mass is 16.2. The van der Waals surface area contributed by atoms with E-state index in [1.807, 2.05) is 0 Å². The normalized spacial score (nSPS) is 37.1. The van der Waals surface area contributed by atoms with E-state index in [2.05, 4.69) is 24.1 Å². The average molecular weight is 264 g/mol. The minimum Gasteiger partial charge on any atom is -0.326 e. The maximum absolute atomic E-state index is 12.4. The molecule has 108 valence electrons. The molecule has 1 N–H and O–H groups in total. The second kappa shape index (κ2) is 5.08. The zero-order valence-electron chi connectivity index (χ0n) is 12.5. The molecule has 1 spiro atoms. The second-order valence-corrected chi connectivity index (χ2v) is 7.06. The van der Waals surface area contributed by atoms with Gasteiger partial charge in [-0.25, -0.2) is 0 Å². The van der Waals surface area contributed by atoms with Crippen LogP contribution >= 0.6 is 0 Å². The molecule has 1 atom stereocenters. The summed E-state index contributed by atoms with van der Waals surface area (Å²) in [5.74, 6) is 2.17. The summed E-state index contributed by atoms with van der Waals surface area (Å²) in [5, 5.41) is 3.56. The molecule has 3 fully saturated rings. The number of amides is 1. The maximum Gasteiger partial charge on any atom is 0.244 e. The number of hydrogen-bond acceptors (Lipinski definition) is 2. The van der Waals surface area contributed by atoms with Gasteiger partial charge in [-0.15, -0.1) is 0 Å². The van der Waals surface area contributed by atoms with Crippen molar-refractivity contribution in [2.75, 3.05) is 6.54 Å². The summed E-state index contributed by atoms with van der Waals surface area (Å²) in [6, 6.07) is 0. The fraction of sp³-hybridized carbons (Fsp3) is 0.938. The van der Waals surface area contributed by atoms with Crippen LogP contribution in [-0.4, -0.2) is 29.1 Å². The van der Waals surface area contributed by atoms with Gasteiger partial charge >= 0.3 is 0 Å². The van der Waals surface area contributed by atoms with Crippen molar-refractivity contribution < 1.29 is 4.79 Å². The molecule has 2 saturated carbocycles. The minimum absolute atomic E-state index is 0.123. The Balaban J connectivity index is 1.52. The maximum atomic E-state index is 12.4. The van der Waals surface area contributed by atoms with Crippen molar-refractivity contribution in [2.45, 2.75) is 76.9 Å². The lowest BCUT2D eigenvalue weighted by atomic mass is 9.81. The van der Waals surface area contributed by atoms with Crippen molar-refractivity contribution in [3.8, 4) is 0 Å². The van der Waals surface area contributed by atoms with Gasteiger partial charge in [-0.05, 0) is 37.5 Å². The third-order valence-corrected chi connectivity index (χ3v) is 5.54. The fourth-order valence-electron chi connectivity index (χ4n) is 3.88. The van der Waals surface area contributed by atoms with E-state index in [1.54, 1.807) is 0 Å². The van der Waals surface area contributed by atoms with Gasteiger partial charge in [0.15, 0.2) is 0 Å². The first-order chi connectivity index (χ1) is 9.14. The largest absolute Gasteiger partial charge is 0.326 e.